The van der Waals surface area contributed by atoms with E-state index in [0.29, 0.717) is 12.8 Å². The van der Waals surface area contributed by atoms with Gasteiger partial charge in [-0.15, -0.1) is 0 Å². The number of ether oxygens (including phenoxy) is 1. The minimum absolute atomic E-state index is 0.169. The highest BCUT2D eigenvalue weighted by atomic mass is 16.6. The topological polar surface area (TPSA) is 124 Å². The molecule has 0 radical (unpaired) electrons. The molecule has 0 aliphatic carbocycles. The summed E-state index contributed by atoms with van der Waals surface area (Å²) < 4.78 is 5.38. The Morgan fingerprint density at radius 3 is 1.37 bits per heavy atom. The summed E-state index contributed by atoms with van der Waals surface area (Å²) in [5.74, 6) is -0.941. The summed E-state index contributed by atoms with van der Waals surface area (Å²) in [5, 5.41) is 39.1. The van der Waals surface area contributed by atoms with Crippen LogP contribution in [0.5, 0.6) is 0 Å². The average molecular weight is 545 g/mol. The van der Waals surface area contributed by atoms with E-state index < -0.39 is 37.0 Å². The Balaban J connectivity index is 4.67. The molecule has 226 valence electrons. The van der Waals surface area contributed by atoms with Crippen molar-refractivity contribution in [2.45, 2.75) is 173 Å². The molecule has 0 aliphatic heterocycles. The second-order valence-corrected chi connectivity index (χ2v) is 11.1. The second-order valence-electron chi connectivity index (χ2n) is 11.1. The van der Waals surface area contributed by atoms with Gasteiger partial charge < -0.3 is 30.0 Å². The lowest BCUT2D eigenvalue weighted by Gasteiger charge is -2.29. The van der Waals surface area contributed by atoms with Crippen molar-refractivity contribution in [3.8, 4) is 0 Å². The number of unbranched alkanes of at least 4 members (excludes halogenated alkanes) is 17. The molecule has 0 bridgehead atoms. The maximum absolute atomic E-state index is 13.0. The van der Waals surface area contributed by atoms with Gasteiger partial charge in [0.25, 0.3) is 0 Å². The molecular weight excluding hydrogens is 484 g/mol. The highest BCUT2D eigenvalue weighted by molar-refractivity contribution is 5.73. The minimum atomic E-state index is -1.78. The lowest BCUT2D eigenvalue weighted by atomic mass is 9.93. The maximum Gasteiger partial charge on any atom is 0.309 e. The number of rotatable bonds is 28. The maximum atomic E-state index is 13.0. The van der Waals surface area contributed by atoms with Gasteiger partial charge in [-0.2, -0.15) is 0 Å². The van der Waals surface area contributed by atoms with Gasteiger partial charge in [-0.1, -0.05) is 136 Å². The normalized spacial score (nSPS) is 15.5. The monoisotopic (exact) mass is 544 g/mol. The quantitative estimate of drug-likeness (QED) is 0.0539. The molecule has 0 heterocycles. The zero-order chi connectivity index (χ0) is 28.4. The van der Waals surface area contributed by atoms with Gasteiger partial charge in [0.2, 0.25) is 0 Å². The van der Waals surface area contributed by atoms with Crippen molar-refractivity contribution in [3.05, 3.63) is 0 Å². The van der Waals surface area contributed by atoms with E-state index in [-0.39, 0.29) is 12.2 Å². The fourth-order valence-electron chi connectivity index (χ4n) is 4.94. The Morgan fingerprint density at radius 2 is 1.03 bits per heavy atom. The van der Waals surface area contributed by atoms with Crippen LogP contribution in [-0.2, 0) is 14.3 Å². The van der Waals surface area contributed by atoms with Crippen LogP contribution in [0.3, 0.4) is 0 Å². The first kappa shape index (κ1) is 37.0. The van der Waals surface area contributed by atoms with Gasteiger partial charge in [0.05, 0.1) is 12.5 Å². The summed E-state index contributed by atoms with van der Waals surface area (Å²) in [5.41, 5.74) is 0. The molecule has 0 saturated carbocycles. The third-order valence-corrected chi connectivity index (χ3v) is 7.54. The molecule has 38 heavy (non-hydrogen) atoms. The molecule has 0 aromatic heterocycles. The lowest BCUT2D eigenvalue weighted by molar-refractivity contribution is -0.178. The predicted molar refractivity (Wildman–Crippen MR) is 153 cm³/mol. The molecule has 0 aromatic rings. The minimum Gasteiger partial charge on any atom is -0.456 e. The van der Waals surface area contributed by atoms with Crippen molar-refractivity contribution < 1.29 is 34.8 Å². The molecule has 0 amide bonds. The third-order valence-electron chi connectivity index (χ3n) is 7.54. The molecule has 5 atom stereocenters. The number of carbonyl (C=O) groups excluding carboxylic acids is 2. The van der Waals surface area contributed by atoms with Gasteiger partial charge in [-0.3, -0.25) is 4.79 Å². The SMILES string of the molecule is CCCCCCCCCCCCCC(CCCCCCCCCC)C(=O)O[C@@H]([C@H](O)[C@H](O)CO)[C@@H](O)C=O. The first-order valence-corrected chi connectivity index (χ1v) is 15.7. The molecule has 1 unspecified atom stereocenters. The third kappa shape index (κ3) is 19.1. The molecule has 7 heteroatoms. The first-order valence-electron chi connectivity index (χ1n) is 15.7. The van der Waals surface area contributed by atoms with Crippen LogP contribution in [0.15, 0.2) is 0 Å². The van der Waals surface area contributed by atoms with Gasteiger partial charge >= 0.3 is 5.97 Å². The van der Waals surface area contributed by atoms with E-state index in [4.69, 9.17) is 9.84 Å². The van der Waals surface area contributed by atoms with E-state index >= 15 is 0 Å². The smallest absolute Gasteiger partial charge is 0.309 e. The average Bonchev–Trinajstić information content (AvgIpc) is 2.93. The fourth-order valence-corrected chi connectivity index (χ4v) is 4.94. The zero-order valence-electron chi connectivity index (χ0n) is 24.5. The number of aliphatic hydroxyl groups is 4. The Morgan fingerprint density at radius 1 is 0.658 bits per heavy atom. The van der Waals surface area contributed by atoms with Gasteiger partial charge in [-0.25, -0.2) is 0 Å². The highest BCUT2D eigenvalue weighted by Crippen LogP contribution is 2.23. The van der Waals surface area contributed by atoms with Gasteiger partial charge in [0.15, 0.2) is 12.4 Å². The fraction of sp³-hybridized carbons (Fsp3) is 0.935. The molecule has 0 spiro atoms. The number of hydrogen-bond donors (Lipinski definition) is 4. The molecule has 0 fully saturated rings. The summed E-state index contributed by atoms with van der Waals surface area (Å²) in [4.78, 5) is 24.2. The van der Waals surface area contributed by atoms with E-state index in [1.165, 1.54) is 83.5 Å². The Labute approximate surface area is 232 Å². The van der Waals surface area contributed by atoms with Crippen LogP contribution in [-0.4, -0.2) is 63.7 Å². The number of aldehydes is 1. The largest absolute Gasteiger partial charge is 0.456 e. The zero-order valence-corrected chi connectivity index (χ0v) is 24.5. The van der Waals surface area contributed by atoms with Crippen LogP contribution in [0.25, 0.3) is 0 Å². The van der Waals surface area contributed by atoms with Crippen LogP contribution in [0.4, 0.5) is 0 Å². The molecule has 4 N–H and O–H groups in total. The summed E-state index contributed by atoms with van der Waals surface area (Å²) in [7, 11) is 0. The summed E-state index contributed by atoms with van der Waals surface area (Å²) in [6.07, 6.45) is 17.5. The molecule has 0 saturated heterocycles. The highest BCUT2D eigenvalue weighted by Gasteiger charge is 2.36. The van der Waals surface area contributed by atoms with Gasteiger partial charge in [0.1, 0.15) is 18.3 Å². The van der Waals surface area contributed by atoms with Crippen molar-refractivity contribution in [2.75, 3.05) is 6.61 Å². The first-order chi connectivity index (χ1) is 18.4. The summed E-state index contributed by atoms with van der Waals surface area (Å²) in [6, 6.07) is 0. The van der Waals surface area contributed by atoms with Crippen molar-refractivity contribution in [3.63, 3.8) is 0 Å². The number of carbonyl (C=O) groups is 2. The molecular formula is C31H60O7. The van der Waals surface area contributed by atoms with E-state index in [1.807, 2.05) is 0 Å². The van der Waals surface area contributed by atoms with E-state index in [9.17, 15) is 24.9 Å². The van der Waals surface area contributed by atoms with E-state index in [2.05, 4.69) is 13.8 Å². The number of hydrogen-bond acceptors (Lipinski definition) is 7. The standard InChI is InChI=1S/C31H60O7/c1-3-5-7-9-11-13-14-15-17-19-21-23-26(22-20-18-16-12-10-8-6-4-2)31(37)38-30(28(35)25-33)29(36)27(34)24-32/h25-30,32,34-36H,3-24H2,1-2H3/t26?,27-,28+,29-,30-/m1/s1. The van der Waals surface area contributed by atoms with Gasteiger partial charge in [-0.05, 0) is 12.8 Å². The number of aliphatic hydroxyl groups excluding tert-OH is 4. The van der Waals surface area contributed by atoms with Crippen molar-refractivity contribution >= 4 is 12.3 Å². The van der Waals surface area contributed by atoms with E-state index in [0.717, 1.165) is 38.5 Å². The molecule has 7 nitrogen and oxygen atoms in total. The summed E-state index contributed by atoms with van der Waals surface area (Å²) in [6.45, 7) is 3.66. The van der Waals surface area contributed by atoms with E-state index in [1.54, 1.807) is 0 Å². The van der Waals surface area contributed by atoms with Gasteiger partial charge in [0, 0.05) is 0 Å². The lowest BCUT2D eigenvalue weighted by Crippen LogP contribution is -2.49. The summed E-state index contributed by atoms with van der Waals surface area (Å²) >= 11 is 0. The van der Waals surface area contributed by atoms with Crippen LogP contribution < -0.4 is 0 Å². The van der Waals surface area contributed by atoms with Crippen LogP contribution in [0, 0.1) is 5.92 Å². The Kier molecular flexibility index (Phi) is 25.5. The number of esters is 1. The van der Waals surface area contributed by atoms with Crippen molar-refractivity contribution in [2.24, 2.45) is 5.92 Å². The van der Waals surface area contributed by atoms with Crippen molar-refractivity contribution in [1.82, 2.24) is 0 Å². The van der Waals surface area contributed by atoms with Crippen LogP contribution >= 0.6 is 0 Å². The Hall–Kier alpha value is -1.02. The Bertz CT molecular complexity index is 542. The van der Waals surface area contributed by atoms with Crippen LogP contribution in [0.1, 0.15) is 149 Å². The second kappa shape index (κ2) is 26.2. The molecule has 0 rings (SSSR count). The van der Waals surface area contributed by atoms with Crippen molar-refractivity contribution in [1.29, 1.82) is 0 Å². The predicted octanol–water partition coefficient (Wildman–Crippen LogP) is 6.02. The molecule has 0 aliphatic rings. The van der Waals surface area contributed by atoms with Crippen LogP contribution in [0.2, 0.25) is 0 Å². The molecule has 0 aromatic carbocycles.